The van der Waals surface area contributed by atoms with Crippen LogP contribution in [0.1, 0.15) is 51.1 Å². The fourth-order valence-electron chi connectivity index (χ4n) is 4.72. The first-order valence-electron chi connectivity index (χ1n) is 12.7. The van der Waals surface area contributed by atoms with Gasteiger partial charge in [-0.1, -0.05) is 76.6 Å². The van der Waals surface area contributed by atoms with Crippen LogP contribution >= 0.6 is 0 Å². The molecule has 0 aliphatic rings. The van der Waals surface area contributed by atoms with Gasteiger partial charge in [-0.2, -0.15) is 5.21 Å². The molecule has 1 N–H and O–H groups in total. The summed E-state index contributed by atoms with van der Waals surface area (Å²) in [5.41, 5.74) is 4.71. The molecule has 0 bridgehead atoms. The van der Waals surface area contributed by atoms with Gasteiger partial charge in [-0.3, -0.25) is 14.1 Å². The molecule has 0 unspecified atom stereocenters. The quantitative estimate of drug-likeness (QED) is 0.319. The molecule has 38 heavy (non-hydrogen) atoms. The van der Waals surface area contributed by atoms with Gasteiger partial charge >= 0.3 is 5.69 Å². The van der Waals surface area contributed by atoms with Crippen molar-refractivity contribution >= 4 is 0 Å². The van der Waals surface area contributed by atoms with Crippen molar-refractivity contribution in [3.8, 4) is 28.2 Å². The molecule has 0 fully saturated rings. The standard InChI is InChI=1S/C29H30FN7O/c1-5-9-21-18-37(26-24(29(2,3)4)12-8-13-25(26)30)28(38)36(21)17-20-15-14-19(16-31-20)22-10-6-7-11-23(22)27-32-34-35-33-27/h6-8,10-16,18H,5,9,17H2,1-4H3,(H,32,33,34,35). The Hall–Kier alpha value is -4.40. The van der Waals surface area contributed by atoms with E-state index in [-0.39, 0.29) is 17.6 Å². The van der Waals surface area contributed by atoms with Crippen LogP contribution < -0.4 is 5.69 Å². The van der Waals surface area contributed by atoms with E-state index in [0.717, 1.165) is 40.1 Å². The zero-order valence-corrected chi connectivity index (χ0v) is 21.9. The maximum absolute atomic E-state index is 15.1. The molecule has 0 radical (unpaired) electrons. The summed E-state index contributed by atoms with van der Waals surface area (Å²) < 4.78 is 18.3. The third kappa shape index (κ3) is 4.79. The number of rotatable bonds is 7. The van der Waals surface area contributed by atoms with Gasteiger partial charge < -0.3 is 0 Å². The molecule has 0 aliphatic carbocycles. The number of nitrogens with zero attached hydrogens (tertiary/aromatic N) is 6. The molecule has 3 aromatic heterocycles. The third-order valence-electron chi connectivity index (χ3n) is 6.57. The molecule has 0 saturated carbocycles. The molecular formula is C29H30FN7O. The van der Waals surface area contributed by atoms with E-state index in [2.05, 4.69) is 32.5 Å². The highest BCUT2D eigenvalue weighted by Crippen LogP contribution is 2.31. The molecule has 9 heteroatoms. The van der Waals surface area contributed by atoms with Crippen LogP contribution in [0.15, 0.2) is 71.8 Å². The summed E-state index contributed by atoms with van der Waals surface area (Å²) >= 11 is 0. The molecule has 0 spiro atoms. The minimum atomic E-state index is -0.414. The molecular weight excluding hydrogens is 481 g/mol. The lowest BCUT2D eigenvalue weighted by molar-refractivity contribution is 0.560. The van der Waals surface area contributed by atoms with Gasteiger partial charge in [0.1, 0.15) is 5.82 Å². The lowest BCUT2D eigenvalue weighted by Crippen LogP contribution is -2.27. The number of benzene rings is 2. The second kappa shape index (κ2) is 10.2. The number of halogens is 1. The zero-order chi connectivity index (χ0) is 26.9. The Kier molecular flexibility index (Phi) is 6.75. The fraction of sp³-hybridized carbons (Fsp3) is 0.276. The average Bonchev–Trinajstić information content (AvgIpc) is 3.54. The molecule has 0 atom stereocenters. The minimum Gasteiger partial charge on any atom is -0.290 e. The third-order valence-corrected chi connectivity index (χ3v) is 6.57. The molecule has 8 nitrogen and oxygen atoms in total. The summed E-state index contributed by atoms with van der Waals surface area (Å²) in [5, 5.41) is 14.4. The predicted molar refractivity (Wildman–Crippen MR) is 145 cm³/mol. The highest BCUT2D eigenvalue weighted by atomic mass is 19.1. The molecule has 5 rings (SSSR count). The van der Waals surface area contributed by atoms with E-state index < -0.39 is 5.82 Å². The molecule has 5 aromatic rings. The van der Waals surface area contributed by atoms with Crippen LogP contribution in [-0.2, 0) is 18.4 Å². The van der Waals surface area contributed by atoms with Gasteiger partial charge in [0.25, 0.3) is 0 Å². The SMILES string of the molecule is CCCc1cn(-c2c(F)cccc2C(C)(C)C)c(=O)n1Cc1ccc(-c2ccccc2-c2nn[nH]n2)cn1. The van der Waals surface area contributed by atoms with Gasteiger partial charge in [-0.05, 0) is 40.3 Å². The summed E-state index contributed by atoms with van der Waals surface area (Å²) in [6.45, 7) is 8.39. The van der Waals surface area contributed by atoms with E-state index in [1.807, 2.05) is 63.2 Å². The molecule has 2 aromatic carbocycles. The Labute approximate surface area is 220 Å². The first kappa shape index (κ1) is 25.3. The van der Waals surface area contributed by atoms with E-state index in [1.54, 1.807) is 23.0 Å². The maximum Gasteiger partial charge on any atom is 0.333 e. The van der Waals surface area contributed by atoms with Crippen molar-refractivity contribution in [2.24, 2.45) is 0 Å². The van der Waals surface area contributed by atoms with Gasteiger partial charge in [-0.25, -0.2) is 9.18 Å². The van der Waals surface area contributed by atoms with Crippen LogP contribution in [0.5, 0.6) is 0 Å². The average molecular weight is 512 g/mol. The first-order chi connectivity index (χ1) is 18.3. The highest BCUT2D eigenvalue weighted by molar-refractivity contribution is 5.79. The van der Waals surface area contributed by atoms with E-state index in [4.69, 9.17) is 0 Å². The molecule has 194 valence electrons. The van der Waals surface area contributed by atoms with Crippen molar-refractivity contribution in [2.45, 2.75) is 52.5 Å². The maximum atomic E-state index is 15.1. The fourth-order valence-corrected chi connectivity index (χ4v) is 4.72. The van der Waals surface area contributed by atoms with E-state index >= 15 is 4.39 Å². The van der Waals surface area contributed by atoms with E-state index in [0.29, 0.717) is 17.9 Å². The Morgan fingerprint density at radius 1 is 1.00 bits per heavy atom. The van der Waals surface area contributed by atoms with Crippen LogP contribution in [-0.4, -0.2) is 34.7 Å². The highest BCUT2D eigenvalue weighted by Gasteiger charge is 2.24. The van der Waals surface area contributed by atoms with Gasteiger partial charge in [0.2, 0.25) is 5.82 Å². The second-order valence-electron chi connectivity index (χ2n) is 10.3. The molecule has 0 amide bonds. The van der Waals surface area contributed by atoms with Crippen molar-refractivity contribution in [1.82, 2.24) is 34.7 Å². The number of aromatic nitrogens is 7. The minimum absolute atomic E-state index is 0.280. The van der Waals surface area contributed by atoms with Crippen LogP contribution in [0, 0.1) is 5.82 Å². The van der Waals surface area contributed by atoms with Gasteiger partial charge in [0, 0.05) is 29.2 Å². The first-order valence-corrected chi connectivity index (χ1v) is 12.7. The largest absolute Gasteiger partial charge is 0.333 e. The smallest absolute Gasteiger partial charge is 0.290 e. The number of tetrazole rings is 1. The second-order valence-corrected chi connectivity index (χ2v) is 10.3. The van der Waals surface area contributed by atoms with Crippen LogP contribution in [0.4, 0.5) is 4.39 Å². The van der Waals surface area contributed by atoms with Crippen molar-refractivity contribution in [2.75, 3.05) is 0 Å². The number of hydrogen-bond donors (Lipinski definition) is 1. The van der Waals surface area contributed by atoms with Crippen molar-refractivity contribution in [3.63, 3.8) is 0 Å². The molecule has 3 heterocycles. The number of H-pyrrole nitrogens is 1. The normalized spacial score (nSPS) is 11.7. The Morgan fingerprint density at radius 3 is 2.45 bits per heavy atom. The summed E-state index contributed by atoms with van der Waals surface area (Å²) in [4.78, 5) is 18.3. The van der Waals surface area contributed by atoms with Crippen molar-refractivity contribution in [3.05, 3.63) is 100 Å². The van der Waals surface area contributed by atoms with E-state index in [9.17, 15) is 4.79 Å². The Morgan fingerprint density at radius 2 is 1.79 bits per heavy atom. The van der Waals surface area contributed by atoms with E-state index in [1.165, 1.54) is 10.6 Å². The number of nitrogens with one attached hydrogen (secondary N) is 1. The summed E-state index contributed by atoms with van der Waals surface area (Å²) in [5.74, 6) is 0.0898. The molecule has 0 saturated heterocycles. The van der Waals surface area contributed by atoms with Crippen LogP contribution in [0.3, 0.4) is 0 Å². The zero-order valence-electron chi connectivity index (χ0n) is 21.9. The summed E-state index contributed by atoms with van der Waals surface area (Å²) in [7, 11) is 0. The topological polar surface area (TPSA) is 94.3 Å². The summed E-state index contributed by atoms with van der Waals surface area (Å²) in [6, 6.07) is 16.6. The number of aryl methyl sites for hydroxylation is 1. The van der Waals surface area contributed by atoms with Gasteiger partial charge in [-0.15, -0.1) is 10.2 Å². The van der Waals surface area contributed by atoms with Crippen LogP contribution in [0.2, 0.25) is 0 Å². The predicted octanol–water partition coefficient (Wildman–Crippen LogP) is 5.32. The lowest BCUT2D eigenvalue weighted by atomic mass is 9.85. The van der Waals surface area contributed by atoms with Crippen molar-refractivity contribution < 1.29 is 4.39 Å². The number of aromatic amines is 1. The van der Waals surface area contributed by atoms with Gasteiger partial charge in [0.05, 0.1) is 17.9 Å². The lowest BCUT2D eigenvalue weighted by Gasteiger charge is -2.23. The Balaban J connectivity index is 1.52. The molecule has 0 aliphatic heterocycles. The number of imidazole rings is 1. The number of hydrogen-bond acceptors (Lipinski definition) is 5. The Bertz CT molecular complexity index is 1610. The number of para-hydroxylation sites is 1. The number of pyridine rings is 1. The van der Waals surface area contributed by atoms with Crippen molar-refractivity contribution in [1.29, 1.82) is 0 Å². The monoisotopic (exact) mass is 511 g/mol. The summed E-state index contributed by atoms with van der Waals surface area (Å²) in [6.07, 6.45) is 5.10. The van der Waals surface area contributed by atoms with Gasteiger partial charge in [0.15, 0.2) is 0 Å². The van der Waals surface area contributed by atoms with Crippen LogP contribution in [0.25, 0.3) is 28.2 Å².